The summed E-state index contributed by atoms with van der Waals surface area (Å²) in [5.74, 6) is -0.282. The van der Waals surface area contributed by atoms with Gasteiger partial charge in [0, 0.05) is 45.1 Å². The quantitative estimate of drug-likeness (QED) is 0.710. The van der Waals surface area contributed by atoms with Crippen LogP contribution in [0.5, 0.6) is 0 Å². The minimum atomic E-state index is -0.441. The van der Waals surface area contributed by atoms with Crippen molar-refractivity contribution >= 4 is 11.9 Å². The predicted molar refractivity (Wildman–Crippen MR) is 118 cm³/mol. The summed E-state index contributed by atoms with van der Waals surface area (Å²) in [5.41, 5.74) is 0. The maximum atomic E-state index is 13.3. The van der Waals surface area contributed by atoms with Gasteiger partial charge in [0.15, 0.2) is 5.79 Å². The molecule has 3 amide bonds. The van der Waals surface area contributed by atoms with Crippen LogP contribution < -0.4 is 5.32 Å². The van der Waals surface area contributed by atoms with Crippen molar-refractivity contribution in [3.8, 4) is 0 Å². The first kappa shape index (κ1) is 23.0. The number of fused-ring (bicyclic) bond motifs is 1. The van der Waals surface area contributed by atoms with Crippen LogP contribution >= 0.6 is 0 Å². The first-order valence-corrected chi connectivity index (χ1v) is 12.3. The second-order valence-corrected chi connectivity index (χ2v) is 9.77. The van der Waals surface area contributed by atoms with E-state index in [0.717, 1.165) is 45.3 Å². The van der Waals surface area contributed by atoms with Crippen LogP contribution in [0.3, 0.4) is 0 Å². The number of piperidine rings is 2. The van der Waals surface area contributed by atoms with E-state index >= 15 is 0 Å². The summed E-state index contributed by atoms with van der Waals surface area (Å²) in [7, 11) is 2.11. The number of hydrogen-bond donors (Lipinski definition) is 1. The van der Waals surface area contributed by atoms with Gasteiger partial charge in [-0.1, -0.05) is 6.42 Å². The molecule has 4 fully saturated rings. The van der Waals surface area contributed by atoms with Gasteiger partial charge in [0.25, 0.3) is 0 Å². The van der Waals surface area contributed by atoms with E-state index in [1.54, 1.807) is 0 Å². The molecule has 3 saturated heterocycles. The molecular weight excluding hydrogens is 396 g/mol. The normalized spacial score (nSPS) is 31.4. The molecule has 176 valence electrons. The zero-order valence-corrected chi connectivity index (χ0v) is 19.3. The Morgan fingerprint density at radius 2 is 1.90 bits per heavy atom. The smallest absolute Gasteiger partial charge is 0.324 e. The highest BCUT2D eigenvalue weighted by Gasteiger charge is 2.49. The number of carbonyl (C=O) groups is 2. The highest BCUT2D eigenvalue weighted by molar-refractivity contribution is 5.95. The molecule has 1 spiro atoms. The van der Waals surface area contributed by atoms with E-state index in [1.807, 2.05) is 6.92 Å². The summed E-state index contributed by atoms with van der Waals surface area (Å²) in [6.45, 7) is 7.99. The first-order chi connectivity index (χ1) is 15.0. The molecule has 0 unspecified atom stereocenters. The molecule has 1 N–H and O–H groups in total. The monoisotopic (exact) mass is 436 g/mol. The minimum absolute atomic E-state index is 0.0452. The van der Waals surface area contributed by atoms with Gasteiger partial charge in [-0.2, -0.15) is 0 Å². The maximum absolute atomic E-state index is 13.3. The Bertz CT molecular complexity index is 633. The van der Waals surface area contributed by atoms with Gasteiger partial charge in [0.2, 0.25) is 5.91 Å². The molecule has 8 nitrogen and oxygen atoms in total. The maximum Gasteiger partial charge on any atom is 0.324 e. The third kappa shape index (κ3) is 5.24. The van der Waals surface area contributed by atoms with E-state index in [-0.39, 0.29) is 17.9 Å². The molecule has 4 rings (SSSR count). The van der Waals surface area contributed by atoms with Gasteiger partial charge in [-0.05, 0) is 58.7 Å². The van der Waals surface area contributed by atoms with E-state index in [0.29, 0.717) is 44.8 Å². The van der Waals surface area contributed by atoms with E-state index in [2.05, 4.69) is 22.2 Å². The van der Waals surface area contributed by atoms with Crippen LogP contribution in [-0.4, -0.2) is 98.0 Å². The van der Waals surface area contributed by atoms with Gasteiger partial charge in [0.1, 0.15) is 0 Å². The topological polar surface area (TPSA) is 74.4 Å². The lowest BCUT2D eigenvalue weighted by atomic mass is 9.72. The number of hydrogen-bond acceptors (Lipinski definition) is 6. The number of amides is 3. The number of rotatable bonds is 5. The van der Waals surface area contributed by atoms with Gasteiger partial charge in [-0.3, -0.25) is 9.69 Å². The molecule has 3 atom stereocenters. The first-order valence-electron chi connectivity index (χ1n) is 12.3. The standard InChI is InChI=1S/C23H40N4O4/c1-3-27(22(29)24-9-12-26-10-5-4-6-11-26)21(28)19-15-18-16-23(30-13-14-31-23)8-7-20(18)25(2)17-19/h18-20H,3-17H2,1-2H3,(H,24,29)/t18-,19-,20-/m1/s1. The summed E-state index contributed by atoms with van der Waals surface area (Å²) in [5, 5.41) is 2.98. The predicted octanol–water partition coefficient (Wildman–Crippen LogP) is 1.89. The zero-order chi connectivity index (χ0) is 21.8. The summed E-state index contributed by atoms with van der Waals surface area (Å²) in [4.78, 5) is 32.3. The molecule has 1 saturated carbocycles. The molecule has 31 heavy (non-hydrogen) atoms. The van der Waals surface area contributed by atoms with Crippen molar-refractivity contribution in [3.63, 3.8) is 0 Å². The van der Waals surface area contributed by atoms with Crippen LogP contribution in [0.4, 0.5) is 4.79 Å². The van der Waals surface area contributed by atoms with Crippen molar-refractivity contribution in [3.05, 3.63) is 0 Å². The fourth-order valence-electron chi connectivity index (χ4n) is 6.14. The largest absolute Gasteiger partial charge is 0.348 e. The second kappa shape index (κ2) is 10.1. The van der Waals surface area contributed by atoms with Crippen molar-refractivity contribution in [1.82, 2.24) is 20.0 Å². The zero-order valence-electron chi connectivity index (χ0n) is 19.3. The Balaban J connectivity index is 1.31. The molecule has 0 aromatic heterocycles. The SMILES string of the molecule is CCN(C(=O)NCCN1CCCCC1)C(=O)[C@@H]1C[C@@H]2CC3(CC[C@H]2N(C)C1)OCCO3. The second-order valence-electron chi connectivity index (χ2n) is 9.77. The van der Waals surface area contributed by atoms with Gasteiger partial charge < -0.3 is 24.6 Å². The van der Waals surface area contributed by atoms with Crippen molar-refractivity contribution in [2.75, 3.05) is 59.5 Å². The van der Waals surface area contributed by atoms with Crippen molar-refractivity contribution in [1.29, 1.82) is 0 Å². The van der Waals surface area contributed by atoms with E-state index in [1.165, 1.54) is 24.2 Å². The lowest BCUT2D eigenvalue weighted by Gasteiger charge is -2.49. The van der Waals surface area contributed by atoms with Crippen molar-refractivity contribution in [2.24, 2.45) is 11.8 Å². The number of likely N-dealkylation sites (tertiary alicyclic amines) is 2. The Morgan fingerprint density at radius 1 is 1.16 bits per heavy atom. The number of nitrogens with zero attached hydrogens (tertiary/aromatic N) is 3. The summed E-state index contributed by atoms with van der Waals surface area (Å²) >= 11 is 0. The highest BCUT2D eigenvalue weighted by atomic mass is 16.7. The summed E-state index contributed by atoms with van der Waals surface area (Å²) in [6.07, 6.45) is 7.40. The molecule has 0 aromatic carbocycles. The van der Waals surface area contributed by atoms with Gasteiger partial charge in [-0.25, -0.2) is 4.79 Å². The Labute approximate surface area is 186 Å². The third-order valence-corrected chi connectivity index (χ3v) is 7.74. The molecule has 8 heteroatoms. The van der Waals surface area contributed by atoms with Gasteiger partial charge in [-0.15, -0.1) is 0 Å². The fourth-order valence-corrected chi connectivity index (χ4v) is 6.14. The van der Waals surface area contributed by atoms with Crippen LogP contribution in [0.25, 0.3) is 0 Å². The number of urea groups is 1. The number of carbonyl (C=O) groups excluding carboxylic acids is 2. The average Bonchev–Trinajstić information content (AvgIpc) is 3.22. The average molecular weight is 437 g/mol. The van der Waals surface area contributed by atoms with Crippen LogP contribution in [0.1, 0.15) is 51.9 Å². The van der Waals surface area contributed by atoms with Crippen LogP contribution in [-0.2, 0) is 14.3 Å². The lowest BCUT2D eigenvalue weighted by Crippen LogP contribution is -2.57. The van der Waals surface area contributed by atoms with Crippen LogP contribution in [0, 0.1) is 11.8 Å². The third-order valence-electron chi connectivity index (χ3n) is 7.74. The van der Waals surface area contributed by atoms with E-state index < -0.39 is 5.79 Å². The molecule has 4 aliphatic rings. The molecule has 0 aromatic rings. The lowest BCUT2D eigenvalue weighted by molar-refractivity contribution is -0.202. The fraction of sp³-hybridized carbons (Fsp3) is 0.913. The minimum Gasteiger partial charge on any atom is -0.348 e. The Hall–Kier alpha value is -1.22. The number of nitrogens with one attached hydrogen (secondary N) is 1. The number of imide groups is 1. The molecule has 1 aliphatic carbocycles. The van der Waals surface area contributed by atoms with Crippen LogP contribution in [0.15, 0.2) is 0 Å². The van der Waals surface area contributed by atoms with Gasteiger partial charge in [0.05, 0.1) is 19.1 Å². The molecule has 3 heterocycles. The molecular formula is C23H40N4O4. The van der Waals surface area contributed by atoms with Crippen molar-refractivity contribution in [2.45, 2.75) is 63.7 Å². The molecule has 0 radical (unpaired) electrons. The van der Waals surface area contributed by atoms with Crippen molar-refractivity contribution < 1.29 is 19.1 Å². The summed E-state index contributed by atoms with van der Waals surface area (Å²) < 4.78 is 11.9. The van der Waals surface area contributed by atoms with E-state index in [4.69, 9.17) is 9.47 Å². The Kier molecular flexibility index (Phi) is 7.52. The highest BCUT2D eigenvalue weighted by Crippen LogP contribution is 2.45. The van der Waals surface area contributed by atoms with E-state index in [9.17, 15) is 9.59 Å². The van der Waals surface area contributed by atoms with Crippen LogP contribution in [0.2, 0.25) is 0 Å². The number of ether oxygens (including phenoxy) is 2. The Morgan fingerprint density at radius 3 is 2.61 bits per heavy atom. The van der Waals surface area contributed by atoms with Gasteiger partial charge >= 0.3 is 6.03 Å². The summed E-state index contributed by atoms with van der Waals surface area (Å²) in [6, 6.07) is 0.216. The molecule has 3 aliphatic heterocycles. The molecule has 0 bridgehead atoms.